The molecule has 0 saturated carbocycles. The van der Waals surface area contributed by atoms with Crippen LogP contribution in [0.3, 0.4) is 0 Å². The van der Waals surface area contributed by atoms with Gasteiger partial charge in [0.1, 0.15) is 17.9 Å². The molecule has 0 aliphatic carbocycles. The quantitative estimate of drug-likeness (QED) is 0.510. The normalized spacial score (nSPS) is 10.8. The van der Waals surface area contributed by atoms with E-state index >= 15 is 0 Å². The third kappa shape index (κ3) is 3.55. The Morgan fingerprint density at radius 1 is 1.20 bits per heavy atom. The zero-order chi connectivity index (χ0) is 21.3. The Balaban J connectivity index is 1.68. The molecule has 0 saturated heterocycles. The fraction of sp³-hybridized carbons (Fsp3) is 0.118. The Morgan fingerprint density at radius 3 is 2.70 bits per heavy atom. The van der Waals surface area contributed by atoms with E-state index in [1.54, 1.807) is 6.92 Å². The van der Waals surface area contributed by atoms with Crippen LogP contribution in [0.5, 0.6) is 5.75 Å². The molecule has 0 spiro atoms. The van der Waals surface area contributed by atoms with Crippen LogP contribution in [-0.2, 0) is 0 Å². The molecular weight excluding hydrogens is 417 g/mol. The van der Waals surface area contributed by atoms with Crippen LogP contribution in [0.1, 0.15) is 16.2 Å². The summed E-state index contributed by atoms with van der Waals surface area (Å²) >= 11 is 6.29. The van der Waals surface area contributed by atoms with Crippen molar-refractivity contribution >= 4 is 23.2 Å². The van der Waals surface area contributed by atoms with Gasteiger partial charge < -0.3 is 10.1 Å². The number of aryl methyl sites for hydroxylation is 1. The Bertz CT molecular complexity index is 1230. The van der Waals surface area contributed by atoms with Crippen molar-refractivity contribution in [3.05, 3.63) is 58.9 Å². The van der Waals surface area contributed by atoms with Crippen LogP contribution in [0.15, 0.2) is 36.7 Å². The smallest absolute Gasteiger partial charge is 0.259 e. The average Bonchev–Trinajstić information content (AvgIpc) is 3.41. The van der Waals surface area contributed by atoms with Crippen molar-refractivity contribution in [2.75, 3.05) is 12.4 Å². The number of methoxy groups -OCH3 is 1. The van der Waals surface area contributed by atoms with E-state index in [0.29, 0.717) is 17.2 Å². The first kappa shape index (κ1) is 19.4. The molecule has 0 radical (unpaired) electrons. The molecule has 152 valence electrons. The number of nitrogens with one attached hydrogen (secondary N) is 1. The number of benzene rings is 2. The molecular formula is C17H13ClFN9O2. The molecule has 0 unspecified atom stereocenters. The van der Waals surface area contributed by atoms with E-state index in [0.717, 1.165) is 0 Å². The molecule has 2 aromatic heterocycles. The highest BCUT2D eigenvalue weighted by atomic mass is 35.5. The number of carbonyl (C=O) groups excluding carboxylic acids is 1. The van der Waals surface area contributed by atoms with Gasteiger partial charge in [-0.3, -0.25) is 4.79 Å². The number of aromatic nitrogens is 8. The lowest BCUT2D eigenvalue weighted by atomic mass is 10.1. The minimum Gasteiger partial charge on any atom is -0.496 e. The van der Waals surface area contributed by atoms with Crippen LogP contribution in [0.25, 0.3) is 11.4 Å². The van der Waals surface area contributed by atoms with Gasteiger partial charge in [-0.05, 0) is 52.0 Å². The lowest BCUT2D eigenvalue weighted by molar-refractivity contribution is 0.102. The van der Waals surface area contributed by atoms with Crippen molar-refractivity contribution in [1.82, 2.24) is 40.4 Å². The highest BCUT2D eigenvalue weighted by Crippen LogP contribution is 2.30. The molecule has 2 aromatic carbocycles. The third-order valence-corrected chi connectivity index (χ3v) is 4.48. The fourth-order valence-electron chi connectivity index (χ4n) is 2.74. The number of hydrogen-bond donors (Lipinski definition) is 1. The zero-order valence-electron chi connectivity index (χ0n) is 15.6. The van der Waals surface area contributed by atoms with Gasteiger partial charge in [0, 0.05) is 6.07 Å². The molecule has 4 rings (SSSR count). The minimum absolute atomic E-state index is 0.0601. The highest BCUT2D eigenvalue weighted by Gasteiger charge is 2.19. The molecule has 13 heteroatoms. The molecule has 2 heterocycles. The maximum absolute atomic E-state index is 14.3. The van der Waals surface area contributed by atoms with Gasteiger partial charge in [0.25, 0.3) is 5.91 Å². The lowest BCUT2D eigenvalue weighted by Gasteiger charge is -2.13. The van der Waals surface area contributed by atoms with Gasteiger partial charge in [-0.15, -0.1) is 10.2 Å². The number of nitrogens with zero attached hydrogens (tertiary/aromatic N) is 8. The van der Waals surface area contributed by atoms with Crippen molar-refractivity contribution in [3.63, 3.8) is 0 Å². The lowest BCUT2D eigenvalue weighted by Crippen LogP contribution is -2.15. The monoisotopic (exact) mass is 429 g/mol. The van der Waals surface area contributed by atoms with E-state index < -0.39 is 11.7 Å². The number of hydrogen-bond acceptors (Lipinski definition) is 8. The van der Waals surface area contributed by atoms with Crippen LogP contribution in [-0.4, -0.2) is 53.4 Å². The molecule has 0 fully saturated rings. The molecule has 0 aliphatic rings. The fourth-order valence-corrected chi connectivity index (χ4v) is 2.99. The third-order valence-electron chi connectivity index (χ3n) is 4.18. The molecule has 4 aromatic rings. The van der Waals surface area contributed by atoms with E-state index in [4.69, 9.17) is 16.3 Å². The van der Waals surface area contributed by atoms with E-state index in [1.807, 2.05) is 0 Å². The predicted octanol–water partition coefficient (Wildman–Crippen LogP) is 2.00. The standard InChI is InChI=1S/C17H13ClFN9O2/c1-9-22-24-26-28(9)10-3-4-13(19)14(5-10)21-17(29)11-6-12(18)15(7-16(11)30-2)27-8-20-23-25-27/h3-8H,1-2H3,(H,21,29). The number of tetrazole rings is 2. The maximum Gasteiger partial charge on any atom is 0.259 e. The number of amides is 1. The molecule has 0 atom stereocenters. The predicted molar refractivity (Wildman–Crippen MR) is 103 cm³/mol. The van der Waals surface area contributed by atoms with Crippen LogP contribution >= 0.6 is 11.6 Å². The highest BCUT2D eigenvalue weighted by molar-refractivity contribution is 6.33. The Kier molecular flexibility index (Phi) is 5.06. The van der Waals surface area contributed by atoms with Crippen LogP contribution < -0.4 is 10.1 Å². The maximum atomic E-state index is 14.3. The summed E-state index contributed by atoms with van der Waals surface area (Å²) in [6.07, 6.45) is 1.35. The van der Waals surface area contributed by atoms with Gasteiger partial charge in [0.15, 0.2) is 5.82 Å². The van der Waals surface area contributed by atoms with Crippen molar-refractivity contribution < 1.29 is 13.9 Å². The van der Waals surface area contributed by atoms with Crippen LogP contribution in [0.4, 0.5) is 10.1 Å². The summed E-state index contributed by atoms with van der Waals surface area (Å²) in [6, 6.07) is 7.01. The second-order valence-corrected chi connectivity index (χ2v) is 6.42. The van der Waals surface area contributed by atoms with Gasteiger partial charge in [-0.25, -0.2) is 4.39 Å². The van der Waals surface area contributed by atoms with Gasteiger partial charge in [-0.2, -0.15) is 9.36 Å². The minimum atomic E-state index is -0.631. The van der Waals surface area contributed by atoms with Gasteiger partial charge in [0.05, 0.1) is 34.8 Å². The Morgan fingerprint density at radius 2 is 2.03 bits per heavy atom. The van der Waals surface area contributed by atoms with Crippen molar-refractivity contribution in [1.29, 1.82) is 0 Å². The SMILES string of the molecule is COc1cc(-n2cnnn2)c(Cl)cc1C(=O)Nc1cc(-n2nnnc2C)ccc1F. The van der Waals surface area contributed by atoms with E-state index in [2.05, 4.69) is 36.4 Å². The van der Waals surface area contributed by atoms with Crippen molar-refractivity contribution in [2.45, 2.75) is 6.92 Å². The van der Waals surface area contributed by atoms with E-state index in [-0.39, 0.29) is 22.0 Å². The summed E-state index contributed by atoms with van der Waals surface area (Å²) in [5, 5.41) is 24.8. The van der Waals surface area contributed by atoms with Gasteiger partial charge in [0.2, 0.25) is 0 Å². The van der Waals surface area contributed by atoms with E-state index in [9.17, 15) is 9.18 Å². The largest absolute Gasteiger partial charge is 0.496 e. The summed E-state index contributed by atoms with van der Waals surface area (Å²) in [7, 11) is 1.39. The summed E-state index contributed by atoms with van der Waals surface area (Å²) in [4.78, 5) is 12.9. The molecule has 0 aliphatic heterocycles. The molecule has 1 amide bonds. The van der Waals surface area contributed by atoms with Gasteiger partial charge >= 0.3 is 0 Å². The molecule has 1 N–H and O–H groups in total. The van der Waals surface area contributed by atoms with Crippen molar-refractivity contribution in [2.24, 2.45) is 0 Å². The number of halogens is 2. The van der Waals surface area contributed by atoms with Crippen LogP contribution in [0.2, 0.25) is 5.02 Å². The number of anilines is 1. The first-order chi connectivity index (χ1) is 14.5. The molecule has 11 nitrogen and oxygen atoms in total. The second-order valence-electron chi connectivity index (χ2n) is 6.01. The topological polar surface area (TPSA) is 126 Å². The van der Waals surface area contributed by atoms with Crippen molar-refractivity contribution in [3.8, 4) is 17.1 Å². The number of rotatable bonds is 5. The molecule has 0 bridgehead atoms. The zero-order valence-corrected chi connectivity index (χ0v) is 16.4. The summed E-state index contributed by atoms with van der Waals surface area (Å²) in [6.45, 7) is 1.70. The first-order valence-electron chi connectivity index (χ1n) is 8.45. The van der Waals surface area contributed by atoms with Crippen LogP contribution in [0, 0.1) is 12.7 Å². The van der Waals surface area contributed by atoms with Gasteiger partial charge in [-0.1, -0.05) is 11.6 Å². The molecule has 30 heavy (non-hydrogen) atoms. The second kappa shape index (κ2) is 7.83. The average molecular weight is 430 g/mol. The van der Waals surface area contributed by atoms with E-state index in [1.165, 1.54) is 53.1 Å². The first-order valence-corrected chi connectivity index (χ1v) is 8.83. The Labute approximate surface area is 173 Å². The summed E-state index contributed by atoms with van der Waals surface area (Å²) < 4.78 is 22.4. The Hall–Kier alpha value is -3.93. The number of carbonyl (C=O) groups is 1. The summed E-state index contributed by atoms with van der Waals surface area (Å²) in [5.41, 5.74) is 0.934. The number of ether oxygens (including phenoxy) is 1. The summed E-state index contributed by atoms with van der Waals surface area (Å²) in [5.74, 6) is -0.546.